The average Bonchev–Trinajstić information content (AvgIpc) is 2.85. The molecule has 1 aliphatic rings. The van der Waals surface area contributed by atoms with Crippen LogP contribution in [0.25, 0.3) is 0 Å². The number of rotatable bonds is 4. The van der Waals surface area contributed by atoms with Gasteiger partial charge in [0, 0.05) is 17.1 Å². The van der Waals surface area contributed by atoms with Gasteiger partial charge in [-0.25, -0.2) is 4.79 Å². The van der Waals surface area contributed by atoms with Gasteiger partial charge in [-0.1, -0.05) is 34.5 Å². The van der Waals surface area contributed by atoms with E-state index < -0.39 is 11.9 Å². The van der Waals surface area contributed by atoms with Gasteiger partial charge in [-0.3, -0.25) is 4.79 Å². The number of hydrogen-bond acceptors (Lipinski definition) is 2. The number of carboxylic acids is 1. The van der Waals surface area contributed by atoms with Crippen LogP contribution >= 0.6 is 15.9 Å². The lowest BCUT2D eigenvalue weighted by molar-refractivity contribution is -0.142. The number of amides is 2. The van der Waals surface area contributed by atoms with Crippen molar-refractivity contribution in [2.24, 2.45) is 5.92 Å². The lowest BCUT2D eigenvalue weighted by Gasteiger charge is -2.18. The Morgan fingerprint density at radius 3 is 2.85 bits per heavy atom. The maximum atomic E-state index is 11.8. The first-order valence-corrected chi connectivity index (χ1v) is 7.37. The monoisotopic (exact) mass is 340 g/mol. The van der Waals surface area contributed by atoms with Crippen LogP contribution in [0.3, 0.4) is 0 Å². The highest BCUT2D eigenvalue weighted by molar-refractivity contribution is 9.10. The van der Waals surface area contributed by atoms with Crippen molar-refractivity contribution in [2.45, 2.75) is 31.8 Å². The van der Waals surface area contributed by atoms with E-state index in [0.29, 0.717) is 13.0 Å². The minimum Gasteiger partial charge on any atom is -0.481 e. The summed E-state index contributed by atoms with van der Waals surface area (Å²) in [5.74, 6) is -1.30. The number of nitrogens with one attached hydrogen (secondary N) is 2. The van der Waals surface area contributed by atoms with Crippen molar-refractivity contribution in [2.75, 3.05) is 0 Å². The molecule has 2 unspecified atom stereocenters. The second-order valence-electron chi connectivity index (χ2n) is 4.94. The highest BCUT2D eigenvalue weighted by Crippen LogP contribution is 2.25. The summed E-state index contributed by atoms with van der Waals surface area (Å²) in [6.45, 7) is 0.412. The van der Waals surface area contributed by atoms with Crippen LogP contribution in [0.5, 0.6) is 0 Å². The highest BCUT2D eigenvalue weighted by atomic mass is 79.9. The Bertz CT molecular complexity index is 507. The van der Waals surface area contributed by atoms with Crippen molar-refractivity contribution in [1.29, 1.82) is 0 Å². The zero-order valence-electron chi connectivity index (χ0n) is 10.9. The van der Waals surface area contributed by atoms with Crippen LogP contribution in [0.4, 0.5) is 4.79 Å². The van der Waals surface area contributed by atoms with Crippen molar-refractivity contribution in [3.8, 4) is 0 Å². The summed E-state index contributed by atoms with van der Waals surface area (Å²) in [7, 11) is 0. The van der Waals surface area contributed by atoms with Crippen LogP contribution < -0.4 is 10.6 Å². The Kier molecular flexibility index (Phi) is 5.00. The fourth-order valence-corrected chi connectivity index (χ4v) is 2.92. The summed E-state index contributed by atoms with van der Waals surface area (Å²) < 4.78 is 0.957. The number of halogens is 1. The van der Waals surface area contributed by atoms with Gasteiger partial charge >= 0.3 is 12.0 Å². The van der Waals surface area contributed by atoms with Gasteiger partial charge in [-0.05, 0) is 30.5 Å². The van der Waals surface area contributed by atoms with Gasteiger partial charge in [-0.2, -0.15) is 0 Å². The van der Waals surface area contributed by atoms with E-state index >= 15 is 0 Å². The lowest BCUT2D eigenvalue weighted by Crippen LogP contribution is -2.45. The number of urea groups is 1. The Morgan fingerprint density at radius 1 is 1.35 bits per heavy atom. The molecule has 1 aromatic rings. The van der Waals surface area contributed by atoms with Crippen molar-refractivity contribution in [3.05, 3.63) is 34.3 Å². The molecule has 0 spiro atoms. The molecule has 0 aromatic heterocycles. The second kappa shape index (κ2) is 6.74. The summed E-state index contributed by atoms with van der Waals surface area (Å²) in [5, 5.41) is 14.6. The first-order valence-electron chi connectivity index (χ1n) is 6.58. The van der Waals surface area contributed by atoms with Gasteiger partial charge in [0.1, 0.15) is 0 Å². The second-order valence-corrected chi connectivity index (χ2v) is 5.85. The van der Waals surface area contributed by atoms with Crippen molar-refractivity contribution >= 4 is 27.9 Å². The molecule has 1 aliphatic carbocycles. The molecule has 2 atom stereocenters. The van der Waals surface area contributed by atoms with E-state index in [9.17, 15) is 9.59 Å². The molecule has 2 amide bonds. The summed E-state index contributed by atoms with van der Waals surface area (Å²) in [6, 6.07) is 7.07. The third-order valence-corrected chi connectivity index (χ3v) is 3.98. The van der Waals surface area contributed by atoms with Crippen LogP contribution in [0, 0.1) is 5.92 Å². The highest BCUT2D eigenvalue weighted by Gasteiger charge is 2.33. The van der Waals surface area contributed by atoms with Crippen LogP contribution in [0.15, 0.2) is 28.7 Å². The Labute approximate surface area is 125 Å². The van der Waals surface area contributed by atoms with Gasteiger partial charge in [0.05, 0.1) is 5.92 Å². The molecule has 5 nitrogen and oxygen atoms in total. The predicted molar refractivity (Wildman–Crippen MR) is 78.3 cm³/mol. The summed E-state index contributed by atoms with van der Waals surface area (Å²) in [4.78, 5) is 22.8. The molecule has 20 heavy (non-hydrogen) atoms. The molecular formula is C14H17BrN2O3. The van der Waals surface area contributed by atoms with Crippen LogP contribution in [-0.4, -0.2) is 23.1 Å². The van der Waals surface area contributed by atoms with Gasteiger partial charge in [-0.15, -0.1) is 0 Å². The van der Waals surface area contributed by atoms with E-state index in [0.717, 1.165) is 22.9 Å². The number of hydrogen-bond donors (Lipinski definition) is 3. The van der Waals surface area contributed by atoms with E-state index in [-0.39, 0.29) is 12.1 Å². The number of aliphatic carboxylic acids is 1. The predicted octanol–water partition coefficient (Wildman–Crippen LogP) is 2.50. The van der Waals surface area contributed by atoms with E-state index in [2.05, 4.69) is 26.6 Å². The van der Waals surface area contributed by atoms with Gasteiger partial charge in [0.25, 0.3) is 0 Å². The van der Waals surface area contributed by atoms with Crippen LogP contribution in [0.2, 0.25) is 0 Å². The van der Waals surface area contributed by atoms with E-state index in [4.69, 9.17) is 5.11 Å². The summed E-state index contributed by atoms with van der Waals surface area (Å²) >= 11 is 3.37. The molecule has 108 valence electrons. The zero-order chi connectivity index (χ0) is 14.5. The van der Waals surface area contributed by atoms with E-state index in [1.807, 2.05) is 24.3 Å². The molecular weight excluding hydrogens is 324 g/mol. The van der Waals surface area contributed by atoms with Gasteiger partial charge in [0.15, 0.2) is 0 Å². The van der Waals surface area contributed by atoms with Crippen LogP contribution in [0.1, 0.15) is 24.8 Å². The molecule has 0 saturated heterocycles. The Hall–Kier alpha value is -1.56. The zero-order valence-corrected chi connectivity index (χ0v) is 12.5. The topological polar surface area (TPSA) is 78.4 Å². The largest absolute Gasteiger partial charge is 0.481 e. The number of carbonyl (C=O) groups is 2. The fraction of sp³-hybridized carbons (Fsp3) is 0.429. The molecule has 6 heteroatoms. The Morgan fingerprint density at radius 2 is 2.15 bits per heavy atom. The van der Waals surface area contributed by atoms with Crippen LogP contribution in [-0.2, 0) is 11.3 Å². The number of benzene rings is 1. The summed E-state index contributed by atoms with van der Waals surface area (Å²) in [5.41, 5.74) is 0.982. The van der Waals surface area contributed by atoms with Gasteiger partial charge < -0.3 is 15.7 Å². The first kappa shape index (κ1) is 14.8. The molecule has 3 N–H and O–H groups in total. The molecule has 0 bridgehead atoms. The van der Waals surface area contributed by atoms with Gasteiger partial charge in [0.2, 0.25) is 0 Å². The molecule has 2 rings (SSSR count). The van der Waals surface area contributed by atoms with Crippen molar-refractivity contribution in [3.63, 3.8) is 0 Å². The smallest absolute Gasteiger partial charge is 0.315 e. The summed E-state index contributed by atoms with van der Waals surface area (Å²) in [6.07, 6.45) is 2.20. The fourth-order valence-electron chi connectivity index (χ4n) is 2.48. The normalized spacial score (nSPS) is 21.4. The minimum atomic E-state index is -0.834. The number of carboxylic acid groups (broad SMARTS) is 1. The number of carbonyl (C=O) groups excluding carboxylic acids is 1. The SMILES string of the molecule is O=C(NCc1cccc(Br)c1)NC1CCCC1C(=O)O. The molecule has 0 radical (unpaired) electrons. The van der Waals surface area contributed by atoms with E-state index in [1.165, 1.54) is 0 Å². The quantitative estimate of drug-likeness (QED) is 0.787. The molecule has 1 saturated carbocycles. The first-order chi connectivity index (χ1) is 9.56. The third kappa shape index (κ3) is 3.96. The maximum Gasteiger partial charge on any atom is 0.315 e. The average molecular weight is 341 g/mol. The Balaban J connectivity index is 1.82. The van der Waals surface area contributed by atoms with E-state index in [1.54, 1.807) is 0 Å². The molecule has 1 fully saturated rings. The minimum absolute atomic E-state index is 0.269. The molecule has 0 aliphatic heterocycles. The lowest BCUT2D eigenvalue weighted by atomic mass is 10.0. The maximum absolute atomic E-state index is 11.8. The standard InChI is InChI=1S/C14H17BrN2O3/c15-10-4-1-3-9(7-10)8-16-14(20)17-12-6-2-5-11(12)13(18)19/h1,3-4,7,11-12H,2,5-6,8H2,(H,18,19)(H2,16,17,20). The molecule has 0 heterocycles. The third-order valence-electron chi connectivity index (χ3n) is 3.49. The van der Waals surface area contributed by atoms with Crippen molar-refractivity contribution in [1.82, 2.24) is 10.6 Å². The van der Waals surface area contributed by atoms with Crippen molar-refractivity contribution < 1.29 is 14.7 Å². The molecule has 1 aromatic carbocycles.